The number of benzene rings is 1. The molecular formula is C26H29FN4O3. The van der Waals surface area contributed by atoms with Crippen molar-refractivity contribution in [2.24, 2.45) is 0 Å². The molecule has 4 heterocycles. The highest BCUT2D eigenvalue weighted by molar-refractivity contribution is 5.74. The van der Waals surface area contributed by atoms with Crippen molar-refractivity contribution in [3.63, 3.8) is 0 Å². The van der Waals surface area contributed by atoms with E-state index in [1.54, 1.807) is 43.6 Å². The van der Waals surface area contributed by atoms with Crippen molar-refractivity contribution in [3.05, 3.63) is 48.7 Å². The summed E-state index contributed by atoms with van der Waals surface area (Å²) in [6, 6.07) is 12.4. The second-order valence-electron chi connectivity index (χ2n) is 9.75. The number of rotatable bonds is 5. The Morgan fingerprint density at radius 3 is 2.53 bits per heavy atom. The number of pyridine rings is 1. The van der Waals surface area contributed by atoms with Crippen LogP contribution < -0.4 is 9.47 Å². The smallest absolute Gasteiger partial charge is 0.233 e. The van der Waals surface area contributed by atoms with Crippen molar-refractivity contribution >= 4 is 0 Å². The van der Waals surface area contributed by atoms with Crippen molar-refractivity contribution in [2.45, 2.75) is 56.5 Å². The Morgan fingerprint density at radius 2 is 1.82 bits per heavy atom. The maximum absolute atomic E-state index is 15.4. The minimum Gasteiger partial charge on any atom is -0.507 e. The van der Waals surface area contributed by atoms with Crippen LogP contribution in [0.3, 0.4) is 0 Å². The monoisotopic (exact) mass is 464 g/mol. The third-order valence-corrected chi connectivity index (χ3v) is 7.77. The summed E-state index contributed by atoms with van der Waals surface area (Å²) in [7, 11) is 3.57. The number of piperidine rings is 1. The first-order valence-electron chi connectivity index (χ1n) is 11.5. The van der Waals surface area contributed by atoms with Crippen LogP contribution in [-0.2, 0) is 0 Å². The Bertz CT molecular complexity index is 1210. The van der Waals surface area contributed by atoms with Crippen LogP contribution >= 0.6 is 0 Å². The van der Waals surface area contributed by atoms with Crippen LogP contribution in [0.5, 0.6) is 17.5 Å². The molecule has 0 amide bonds. The van der Waals surface area contributed by atoms with Gasteiger partial charge < -0.3 is 14.6 Å². The molecule has 3 aromatic rings. The molecule has 2 aliphatic heterocycles. The molecule has 5 rings (SSSR count). The lowest BCUT2D eigenvalue weighted by Gasteiger charge is -2.50. The average Bonchev–Trinajstić information content (AvgIpc) is 3.02. The Balaban J connectivity index is 1.34. The van der Waals surface area contributed by atoms with Gasteiger partial charge in [0.05, 0.1) is 18.3 Å². The van der Waals surface area contributed by atoms with E-state index >= 15 is 4.39 Å². The summed E-state index contributed by atoms with van der Waals surface area (Å²) in [5.74, 6) is 0.860. The van der Waals surface area contributed by atoms with E-state index in [2.05, 4.69) is 27.0 Å². The van der Waals surface area contributed by atoms with E-state index in [-0.39, 0.29) is 17.2 Å². The van der Waals surface area contributed by atoms with Gasteiger partial charge in [0.25, 0.3) is 0 Å². The molecule has 0 unspecified atom stereocenters. The number of alkyl halides is 1. The van der Waals surface area contributed by atoms with E-state index < -0.39 is 17.8 Å². The number of ether oxygens (including phenoxy) is 2. The number of fused-ring (bicyclic) bond motifs is 2. The Hall–Kier alpha value is -3.26. The van der Waals surface area contributed by atoms with Gasteiger partial charge in [-0.3, -0.25) is 4.90 Å². The molecule has 0 saturated carbocycles. The first-order chi connectivity index (χ1) is 16.2. The maximum atomic E-state index is 15.4. The highest BCUT2D eigenvalue weighted by Gasteiger charge is 2.60. The SMILES string of the molecule is COc1cc(-c2ccc(-c3ccc(O[C@H]4C[C@]5(C)CC[C@](C)([C@H]4F)N5C)nn3)c(O)c2)ccn1. The molecule has 2 saturated heterocycles. The molecule has 34 heavy (non-hydrogen) atoms. The van der Waals surface area contributed by atoms with Gasteiger partial charge in [-0.2, -0.15) is 0 Å². The van der Waals surface area contributed by atoms with Crippen molar-refractivity contribution < 1.29 is 19.0 Å². The number of methoxy groups -OCH3 is 1. The first kappa shape index (κ1) is 22.5. The number of phenolic OH excluding ortho intramolecular Hbond substituents is 1. The molecule has 178 valence electrons. The average molecular weight is 465 g/mol. The van der Waals surface area contributed by atoms with Gasteiger partial charge in [-0.1, -0.05) is 6.07 Å². The molecular weight excluding hydrogens is 435 g/mol. The summed E-state index contributed by atoms with van der Waals surface area (Å²) in [4.78, 5) is 6.28. The second kappa shape index (κ2) is 8.20. The molecule has 1 aromatic carbocycles. The van der Waals surface area contributed by atoms with Gasteiger partial charge in [-0.25, -0.2) is 9.37 Å². The molecule has 2 bridgehead atoms. The van der Waals surface area contributed by atoms with Crippen molar-refractivity contribution in [1.82, 2.24) is 20.1 Å². The zero-order chi connectivity index (χ0) is 24.1. The fourth-order valence-corrected chi connectivity index (χ4v) is 5.39. The van der Waals surface area contributed by atoms with Crippen LogP contribution in [0.15, 0.2) is 48.7 Å². The van der Waals surface area contributed by atoms with Crippen LogP contribution in [-0.4, -0.2) is 62.7 Å². The number of aromatic hydroxyl groups is 1. The van der Waals surface area contributed by atoms with Crippen LogP contribution in [0.1, 0.15) is 33.1 Å². The quantitative estimate of drug-likeness (QED) is 0.589. The molecule has 4 atom stereocenters. The molecule has 0 radical (unpaired) electrons. The fraction of sp³-hybridized carbons (Fsp3) is 0.423. The summed E-state index contributed by atoms with van der Waals surface area (Å²) in [5.41, 5.74) is 2.13. The topological polar surface area (TPSA) is 80.6 Å². The predicted octanol–water partition coefficient (Wildman–Crippen LogP) is 4.65. The van der Waals surface area contributed by atoms with E-state index in [4.69, 9.17) is 9.47 Å². The van der Waals surface area contributed by atoms with E-state index in [1.807, 2.05) is 26.1 Å². The van der Waals surface area contributed by atoms with E-state index in [0.29, 0.717) is 23.6 Å². The standard InChI is InChI=1S/C26H29FN4O3/c1-25-10-11-26(2,31(25)3)24(27)21(15-25)34-22-8-7-19(29-30-22)18-6-5-16(13-20(18)32)17-9-12-28-23(14-17)33-4/h5-9,12-14,21,24,32H,10-11,15H2,1-4H3/t21-,24-,25-,26+/m0/s1. The molecule has 2 fully saturated rings. The van der Waals surface area contributed by atoms with Crippen LogP contribution in [0.4, 0.5) is 4.39 Å². The largest absolute Gasteiger partial charge is 0.507 e. The number of phenols is 1. The second-order valence-corrected chi connectivity index (χ2v) is 9.75. The van der Waals surface area contributed by atoms with Crippen LogP contribution in [0, 0.1) is 0 Å². The minimum absolute atomic E-state index is 0.0767. The predicted molar refractivity (Wildman–Crippen MR) is 127 cm³/mol. The van der Waals surface area contributed by atoms with Gasteiger partial charge in [0.2, 0.25) is 11.8 Å². The number of aromatic nitrogens is 3. The lowest BCUT2D eigenvalue weighted by molar-refractivity contribution is -0.0887. The van der Waals surface area contributed by atoms with Gasteiger partial charge in [0.1, 0.15) is 11.9 Å². The van der Waals surface area contributed by atoms with Gasteiger partial charge in [-0.05, 0) is 69.1 Å². The van der Waals surface area contributed by atoms with Gasteiger partial charge in [0, 0.05) is 35.9 Å². The Kier molecular flexibility index (Phi) is 5.43. The summed E-state index contributed by atoms with van der Waals surface area (Å²) >= 11 is 0. The highest BCUT2D eigenvalue weighted by atomic mass is 19.1. The van der Waals surface area contributed by atoms with Gasteiger partial charge >= 0.3 is 0 Å². The Labute approximate surface area is 198 Å². The molecule has 1 N–H and O–H groups in total. The van der Waals surface area contributed by atoms with Gasteiger partial charge in [0.15, 0.2) is 6.17 Å². The molecule has 2 aliphatic rings. The summed E-state index contributed by atoms with van der Waals surface area (Å²) in [6.45, 7) is 4.14. The number of hydrogen-bond donors (Lipinski definition) is 1. The number of nitrogens with zero attached hydrogens (tertiary/aromatic N) is 4. The van der Waals surface area contributed by atoms with Gasteiger partial charge in [-0.15, -0.1) is 10.2 Å². The highest BCUT2D eigenvalue weighted by Crippen LogP contribution is 2.51. The zero-order valence-corrected chi connectivity index (χ0v) is 19.8. The zero-order valence-electron chi connectivity index (χ0n) is 19.8. The van der Waals surface area contributed by atoms with Crippen LogP contribution in [0.25, 0.3) is 22.4 Å². The lowest BCUT2D eigenvalue weighted by Crippen LogP contribution is -2.64. The van der Waals surface area contributed by atoms with Crippen molar-refractivity contribution in [2.75, 3.05) is 14.2 Å². The van der Waals surface area contributed by atoms with Crippen molar-refractivity contribution in [1.29, 1.82) is 0 Å². The third-order valence-electron chi connectivity index (χ3n) is 7.77. The van der Waals surface area contributed by atoms with E-state index in [0.717, 1.165) is 24.0 Å². The molecule has 0 aliphatic carbocycles. The fourth-order valence-electron chi connectivity index (χ4n) is 5.39. The Morgan fingerprint density at radius 1 is 1.03 bits per heavy atom. The molecule has 8 heteroatoms. The lowest BCUT2D eigenvalue weighted by atomic mass is 9.82. The minimum atomic E-state index is -1.11. The third kappa shape index (κ3) is 3.66. The van der Waals surface area contributed by atoms with E-state index in [9.17, 15) is 5.11 Å². The summed E-state index contributed by atoms with van der Waals surface area (Å²) in [5, 5.41) is 19.1. The molecule has 0 spiro atoms. The van der Waals surface area contributed by atoms with Crippen molar-refractivity contribution in [3.8, 4) is 39.9 Å². The molecule has 2 aromatic heterocycles. The summed E-state index contributed by atoms with van der Waals surface area (Å²) in [6.07, 6.45) is 2.34. The number of halogens is 1. The summed E-state index contributed by atoms with van der Waals surface area (Å²) < 4.78 is 26.6. The maximum Gasteiger partial charge on any atom is 0.233 e. The first-order valence-corrected chi connectivity index (χ1v) is 11.5. The molecule has 7 nitrogen and oxygen atoms in total. The number of hydrogen-bond acceptors (Lipinski definition) is 7. The normalized spacial score (nSPS) is 28.6. The van der Waals surface area contributed by atoms with Crippen LogP contribution in [0.2, 0.25) is 0 Å². The van der Waals surface area contributed by atoms with E-state index in [1.165, 1.54) is 0 Å².